The maximum atomic E-state index is 12.0. The van der Waals surface area contributed by atoms with Crippen LogP contribution < -0.4 is 4.72 Å². The van der Waals surface area contributed by atoms with Gasteiger partial charge in [0.05, 0.1) is 0 Å². The third-order valence-electron chi connectivity index (χ3n) is 2.90. The number of hydrogen-bond donors (Lipinski definition) is 2. The van der Waals surface area contributed by atoms with Gasteiger partial charge in [0.1, 0.15) is 0 Å². The molecule has 1 unspecified atom stereocenters. The van der Waals surface area contributed by atoms with Crippen LogP contribution >= 0.6 is 0 Å². The van der Waals surface area contributed by atoms with Crippen LogP contribution in [-0.4, -0.2) is 44.1 Å². The van der Waals surface area contributed by atoms with Crippen molar-refractivity contribution in [2.75, 3.05) is 20.2 Å². The zero-order valence-electron chi connectivity index (χ0n) is 11.9. The molecule has 0 amide bonds. The summed E-state index contributed by atoms with van der Waals surface area (Å²) in [6.45, 7) is 4.51. The Kier molecular flexibility index (Phi) is 9.63. The van der Waals surface area contributed by atoms with Crippen LogP contribution in [0.4, 0.5) is 0 Å². The second-order valence-electron chi connectivity index (χ2n) is 4.65. The summed E-state index contributed by atoms with van der Waals surface area (Å²) in [5, 5.41) is 8.72. The highest BCUT2D eigenvalue weighted by molar-refractivity contribution is 7.87. The Balaban J connectivity index is 4.38. The average molecular weight is 280 g/mol. The lowest BCUT2D eigenvalue weighted by Gasteiger charge is -2.23. The quantitative estimate of drug-likeness (QED) is 0.602. The molecule has 0 rings (SSSR count). The van der Waals surface area contributed by atoms with Crippen LogP contribution in [0, 0.1) is 0 Å². The molecular formula is C12H28N2O3S. The molecule has 18 heavy (non-hydrogen) atoms. The van der Waals surface area contributed by atoms with Gasteiger partial charge >= 0.3 is 0 Å². The summed E-state index contributed by atoms with van der Waals surface area (Å²) >= 11 is 0. The van der Waals surface area contributed by atoms with Crippen molar-refractivity contribution in [3.63, 3.8) is 0 Å². The molecule has 0 aromatic heterocycles. The Labute approximate surface area is 112 Å². The minimum absolute atomic E-state index is 0.00802. The van der Waals surface area contributed by atoms with Crippen molar-refractivity contribution >= 4 is 10.2 Å². The Hall–Kier alpha value is -0.170. The monoisotopic (exact) mass is 280 g/mol. The molecule has 1 atom stereocenters. The molecule has 0 bridgehead atoms. The second-order valence-corrected chi connectivity index (χ2v) is 6.46. The minimum Gasteiger partial charge on any atom is -0.396 e. The predicted molar refractivity (Wildman–Crippen MR) is 74.6 cm³/mol. The number of nitrogens with one attached hydrogen (secondary N) is 1. The fourth-order valence-corrected chi connectivity index (χ4v) is 2.98. The molecule has 0 heterocycles. The van der Waals surface area contributed by atoms with E-state index < -0.39 is 10.2 Å². The predicted octanol–water partition coefficient (Wildman–Crippen LogP) is 1.49. The lowest BCUT2D eigenvalue weighted by molar-refractivity contribution is 0.275. The Morgan fingerprint density at radius 2 is 1.83 bits per heavy atom. The molecule has 110 valence electrons. The van der Waals surface area contributed by atoms with Crippen molar-refractivity contribution in [3.05, 3.63) is 0 Å². The lowest BCUT2D eigenvalue weighted by Crippen LogP contribution is -2.44. The van der Waals surface area contributed by atoms with Gasteiger partial charge in [-0.25, -0.2) is 0 Å². The van der Waals surface area contributed by atoms with Crippen molar-refractivity contribution in [1.29, 1.82) is 0 Å². The fraction of sp³-hybridized carbons (Fsp3) is 1.00. The van der Waals surface area contributed by atoms with Gasteiger partial charge in [-0.1, -0.05) is 33.1 Å². The first-order chi connectivity index (χ1) is 8.47. The van der Waals surface area contributed by atoms with Crippen LogP contribution in [0.2, 0.25) is 0 Å². The molecular weight excluding hydrogens is 252 g/mol. The fourth-order valence-electron chi connectivity index (χ4n) is 1.78. The Morgan fingerprint density at radius 1 is 1.17 bits per heavy atom. The van der Waals surface area contributed by atoms with Crippen LogP contribution in [-0.2, 0) is 10.2 Å². The number of aliphatic hydroxyl groups is 1. The van der Waals surface area contributed by atoms with E-state index in [1.807, 2.05) is 0 Å². The van der Waals surface area contributed by atoms with Crippen molar-refractivity contribution in [3.8, 4) is 0 Å². The van der Waals surface area contributed by atoms with Gasteiger partial charge in [-0.05, 0) is 19.3 Å². The molecule has 0 fully saturated rings. The van der Waals surface area contributed by atoms with Gasteiger partial charge in [0.2, 0.25) is 0 Å². The molecule has 0 aliphatic heterocycles. The van der Waals surface area contributed by atoms with Crippen molar-refractivity contribution < 1.29 is 13.5 Å². The first kappa shape index (κ1) is 17.8. The van der Waals surface area contributed by atoms with Gasteiger partial charge < -0.3 is 5.11 Å². The number of aliphatic hydroxyl groups excluding tert-OH is 1. The van der Waals surface area contributed by atoms with E-state index in [-0.39, 0.29) is 12.6 Å². The molecule has 0 saturated heterocycles. The third kappa shape index (κ3) is 7.31. The van der Waals surface area contributed by atoms with Crippen molar-refractivity contribution in [2.45, 2.75) is 58.4 Å². The van der Waals surface area contributed by atoms with Crippen LogP contribution in [0.15, 0.2) is 0 Å². The average Bonchev–Trinajstić information content (AvgIpc) is 2.32. The summed E-state index contributed by atoms with van der Waals surface area (Å²) < 4.78 is 28.1. The number of nitrogens with zero attached hydrogens (tertiary/aromatic N) is 1. The molecule has 0 aliphatic rings. The van der Waals surface area contributed by atoms with Gasteiger partial charge in [0.25, 0.3) is 10.2 Å². The third-order valence-corrected chi connectivity index (χ3v) is 4.53. The highest BCUT2D eigenvalue weighted by Gasteiger charge is 2.21. The molecule has 6 heteroatoms. The first-order valence-electron chi connectivity index (χ1n) is 6.82. The topological polar surface area (TPSA) is 69.6 Å². The first-order valence-corrected chi connectivity index (χ1v) is 8.26. The number of rotatable bonds is 11. The maximum absolute atomic E-state index is 12.0. The molecule has 5 nitrogen and oxygen atoms in total. The van der Waals surface area contributed by atoms with E-state index in [2.05, 4.69) is 18.6 Å². The lowest BCUT2D eigenvalue weighted by atomic mass is 10.1. The van der Waals surface area contributed by atoms with Crippen LogP contribution in [0.1, 0.15) is 52.4 Å². The van der Waals surface area contributed by atoms with Gasteiger partial charge in [-0.2, -0.15) is 17.4 Å². The van der Waals surface area contributed by atoms with Crippen LogP contribution in [0.5, 0.6) is 0 Å². The summed E-state index contributed by atoms with van der Waals surface area (Å²) in [5.41, 5.74) is 0. The van der Waals surface area contributed by atoms with E-state index in [0.717, 1.165) is 32.1 Å². The number of hydrogen-bond acceptors (Lipinski definition) is 3. The molecule has 2 N–H and O–H groups in total. The van der Waals surface area contributed by atoms with E-state index in [4.69, 9.17) is 5.11 Å². The summed E-state index contributed by atoms with van der Waals surface area (Å²) in [6, 6.07) is 0.0246. The SMILES string of the molecule is CCCCC(CCC)NS(=O)(=O)N(C)CCCO. The summed E-state index contributed by atoms with van der Waals surface area (Å²) in [5.74, 6) is 0. The standard InChI is InChI=1S/C12H28N2O3S/c1-4-6-9-12(8-5-2)13-18(16,17)14(3)10-7-11-15/h12-13,15H,4-11H2,1-3H3. The molecule has 0 aromatic rings. The normalized spacial score (nSPS) is 14.1. The largest absolute Gasteiger partial charge is 0.396 e. The molecule has 0 spiro atoms. The van der Waals surface area contributed by atoms with E-state index in [0.29, 0.717) is 13.0 Å². The number of unbranched alkanes of at least 4 members (excludes halogenated alkanes) is 1. The molecule has 0 saturated carbocycles. The van der Waals surface area contributed by atoms with E-state index in [9.17, 15) is 8.42 Å². The zero-order valence-corrected chi connectivity index (χ0v) is 12.7. The molecule has 0 radical (unpaired) electrons. The van der Waals surface area contributed by atoms with Crippen molar-refractivity contribution in [1.82, 2.24) is 9.03 Å². The summed E-state index contributed by atoms with van der Waals surface area (Å²) in [4.78, 5) is 0. The smallest absolute Gasteiger partial charge is 0.279 e. The highest BCUT2D eigenvalue weighted by Crippen LogP contribution is 2.09. The zero-order chi connectivity index (χ0) is 14.0. The van der Waals surface area contributed by atoms with E-state index >= 15 is 0 Å². The Morgan fingerprint density at radius 3 is 2.33 bits per heavy atom. The van der Waals surface area contributed by atoms with Crippen molar-refractivity contribution in [2.24, 2.45) is 0 Å². The summed E-state index contributed by atoms with van der Waals surface area (Å²) in [6.07, 6.45) is 5.29. The summed E-state index contributed by atoms with van der Waals surface area (Å²) in [7, 11) is -1.87. The van der Waals surface area contributed by atoms with Gasteiger partial charge in [0, 0.05) is 26.2 Å². The minimum atomic E-state index is -3.41. The van der Waals surface area contributed by atoms with E-state index in [1.54, 1.807) is 7.05 Å². The van der Waals surface area contributed by atoms with Gasteiger partial charge in [0.15, 0.2) is 0 Å². The van der Waals surface area contributed by atoms with Crippen LogP contribution in [0.25, 0.3) is 0 Å². The second kappa shape index (κ2) is 9.72. The van der Waals surface area contributed by atoms with Gasteiger partial charge in [-0.3, -0.25) is 0 Å². The van der Waals surface area contributed by atoms with Crippen LogP contribution in [0.3, 0.4) is 0 Å². The Bertz CT molecular complexity index is 294. The van der Waals surface area contributed by atoms with Gasteiger partial charge in [-0.15, -0.1) is 0 Å². The molecule has 0 aromatic carbocycles. The maximum Gasteiger partial charge on any atom is 0.279 e. The molecule has 0 aliphatic carbocycles. The highest BCUT2D eigenvalue weighted by atomic mass is 32.2. The van der Waals surface area contributed by atoms with E-state index in [1.165, 1.54) is 4.31 Å².